The summed E-state index contributed by atoms with van der Waals surface area (Å²) in [4.78, 5) is 12.2. The monoisotopic (exact) mass is 293 g/mol. The van der Waals surface area contributed by atoms with Gasteiger partial charge in [-0.25, -0.2) is 9.97 Å². The third-order valence-corrected chi connectivity index (χ3v) is 3.41. The molecular weight excluding hydrogens is 274 g/mol. The Labute approximate surface area is 130 Å². The third kappa shape index (κ3) is 3.17. The number of ether oxygens (including phenoxy) is 1. The molecule has 1 N–H and O–H groups in total. The average Bonchev–Trinajstić information content (AvgIpc) is 3.06. The van der Waals surface area contributed by atoms with Gasteiger partial charge >= 0.3 is 0 Å². The molecule has 0 atom stereocenters. The average molecular weight is 293 g/mol. The first-order valence-electron chi connectivity index (χ1n) is 7.57. The maximum atomic E-state index is 5.78. The molecule has 1 aromatic carbocycles. The van der Waals surface area contributed by atoms with Gasteiger partial charge in [-0.2, -0.15) is 0 Å². The van der Waals surface area contributed by atoms with E-state index >= 15 is 0 Å². The molecule has 0 aliphatic heterocycles. The first-order valence-corrected chi connectivity index (χ1v) is 7.57. The van der Waals surface area contributed by atoms with Gasteiger partial charge in [0.25, 0.3) is 0 Å². The van der Waals surface area contributed by atoms with E-state index in [-0.39, 0.29) is 0 Å². The molecule has 0 fully saturated rings. The number of unbranched alkanes of at least 4 members (excludes halogenated alkanes) is 1. The SMILES string of the molecule is CCCCOc1ncccc1-c1nc(-c2ccccc2)c[nH]1. The van der Waals surface area contributed by atoms with Crippen LogP contribution in [-0.4, -0.2) is 21.6 Å². The Kier molecular flexibility index (Phi) is 4.49. The Balaban J connectivity index is 1.87. The van der Waals surface area contributed by atoms with E-state index in [4.69, 9.17) is 4.74 Å². The molecule has 0 amide bonds. The van der Waals surface area contributed by atoms with Crippen LogP contribution in [0.1, 0.15) is 19.8 Å². The minimum Gasteiger partial charge on any atom is -0.477 e. The lowest BCUT2D eigenvalue weighted by Crippen LogP contribution is -2.00. The largest absolute Gasteiger partial charge is 0.477 e. The summed E-state index contributed by atoms with van der Waals surface area (Å²) in [5, 5.41) is 0. The second-order valence-corrected chi connectivity index (χ2v) is 5.06. The zero-order chi connectivity index (χ0) is 15.2. The molecule has 0 saturated carbocycles. The van der Waals surface area contributed by atoms with Gasteiger partial charge in [0.15, 0.2) is 0 Å². The second-order valence-electron chi connectivity index (χ2n) is 5.06. The summed E-state index contributed by atoms with van der Waals surface area (Å²) in [6, 6.07) is 14.0. The van der Waals surface area contributed by atoms with E-state index in [9.17, 15) is 0 Å². The predicted molar refractivity (Wildman–Crippen MR) is 87.7 cm³/mol. The fraction of sp³-hybridized carbons (Fsp3) is 0.222. The minimum atomic E-state index is 0.630. The highest BCUT2D eigenvalue weighted by Crippen LogP contribution is 2.27. The van der Waals surface area contributed by atoms with Crippen molar-refractivity contribution in [2.75, 3.05) is 6.61 Å². The molecule has 0 radical (unpaired) electrons. The number of H-pyrrole nitrogens is 1. The van der Waals surface area contributed by atoms with Crippen molar-refractivity contribution in [1.82, 2.24) is 15.0 Å². The van der Waals surface area contributed by atoms with Crippen molar-refractivity contribution in [3.8, 4) is 28.5 Å². The molecule has 112 valence electrons. The summed E-state index contributed by atoms with van der Waals surface area (Å²) in [7, 11) is 0. The number of imidazole rings is 1. The number of benzene rings is 1. The van der Waals surface area contributed by atoms with Crippen LogP contribution in [-0.2, 0) is 0 Å². The molecule has 0 saturated heterocycles. The molecule has 3 aromatic rings. The lowest BCUT2D eigenvalue weighted by Gasteiger charge is -2.07. The Morgan fingerprint density at radius 3 is 2.77 bits per heavy atom. The Bertz CT molecular complexity index is 722. The second kappa shape index (κ2) is 6.89. The molecule has 4 heteroatoms. The van der Waals surface area contributed by atoms with E-state index in [1.807, 2.05) is 48.7 Å². The van der Waals surface area contributed by atoms with Gasteiger partial charge in [0.05, 0.1) is 17.9 Å². The zero-order valence-electron chi connectivity index (χ0n) is 12.6. The lowest BCUT2D eigenvalue weighted by atomic mass is 10.2. The van der Waals surface area contributed by atoms with Gasteiger partial charge in [-0.1, -0.05) is 43.7 Å². The number of pyridine rings is 1. The number of aromatic nitrogens is 3. The number of nitrogens with one attached hydrogen (secondary N) is 1. The maximum absolute atomic E-state index is 5.78. The van der Waals surface area contributed by atoms with Crippen LogP contribution < -0.4 is 4.74 Å². The van der Waals surface area contributed by atoms with E-state index in [0.717, 1.165) is 35.5 Å². The van der Waals surface area contributed by atoms with Crippen LogP contribution in [0, 0.1) is 0 Å². The maximum Gasteiger partial charge on any atom is 0.224 e. The molecule has 2 heterocycles. The van der Waals surface area contributed by atoms with Crippen molar-refractivity contribution >= 4 is 0 Å². The van der Waals surface area contributed by atoms with Crippen LogP contribution in [0.25, 0.3) is 22.6 Å². The van der Waals surface area contributed by atoms with Crippen molar-refractivity contribution in [3.05, 3.63) is 54.9 Å². The summed E-state index contributed by atoms with van der Waals surface area (Å²) >= 11 is 0. The van der Waals surface area contributed by atoms with Gasteiger partial charge in [-0.15, -0.1) is 0 Å². The Morgan fingerprint density at radius 2 is 1.95 bits per heavy atom. The molecule has 0 unspecified atom stereocenters. The zero-order valence-corrected chi connectivity index (χ0v) is 12.6. The summed E-state index contributed by atoms with van der Waals surface area (Å²) < 4.78 is 5.78. The van der Waals surface area contributed by atoms with Crippen molar-refractivity contribution in [2.24, 2.45) is 0 Å². The molecule has 0 spiro atoms. The number of hydrogen-bond acceptors (Lipinski definition) is 3. The molecule has 3 rings (SSSR count). The summed E-state index contributed by atoms with van der Waals surface area (Å²) in [6.45, 7) is 2.81. The standard InChI is InChI=1S/C18H19N3O/c1-2-3-12-22-18-15(10-7-11-19-18)17-20-13-16(21-17)14-8-5-4-6-9-14/h4-11,13H,2-3,12H2,1H3,(H,20,21). The van der Waals surface area contributed by atoms with Gasteiger partial charge in [0.1, 0.15) is 5.82 Å². The van der Waals surface area contributed by atoms with Gasteiger partial charge in [-0.05, 0) is 18.6 Å². The normalized spacial score (nSPS) is 10.6. The summed E-state index contributed by atoms with van der Waals surface area (Å²) in [6.07, 6.45) is 5.77. The highest BCUT2D eigenvalue weighted by molar-refractivity contribution is 5.67. The van der Waals surface area contributed by atoms with Crippen LogP contribution in [0.5, 0.6) is 5.88 Å². The summed E-state index contributed by atoms with van der Waals surface area (Å²) in [5.41, 5.74) is 2.89. The smallest absolute Gasteiger partial charge is 0.224 e. The van der Waals surface area contributed by atoms with Crippen molar-refractivity contribution in [2.45, 2.75) is 19.8 Å². The Morgan fingerprint density at radius 1 is 1.09 bits per heavy atom. The molecule has 0 aliphatic rings. The molecule has 4 nitrogen and oxygen atoms in total. The molecule has 0 aliphatic carbocycles. The number of hydrogen-bond donors (Lipinski definition) is 1. The topological polar surface area (TPSA) is 50.8 Å². The van der Waals surface area contributed by atoms with Gasteiger partial charge in [0.2, 0.25) is 5.88 Å². The van der Waals surface area contributed by atoms with Gasteiger partial charge in [-0.3, -0.25) is 0 Å². The van der Waals surface area contributed by atoms with Gasteiger partial charge < -0.3 is 9.72 Å². The number of aromatic amines is 1. The van der Waals surface area contributed by atoms with E-state index in [2.05, 4.69) is 21.9 Å². The van der Waals surface area contributed by atoms with E-state index in [1.54, 1.807) is 6.20 Å². The van der Waals surface area contributed by atoms with Crippen molar-refractivity contribution in [1.29, 1.82) is 0 Å². The van der Waals surface area contributed by atoms with Crippen molar-refractivity contribution < 1.29 is 4.74 Å². The number of nitrogens with zero attached hydrogens (tertiary/aromatic N) is 2. The van der Waals surface area contributed by atoms with Crippen LogP contribution >= 0.6 is 0 Å². The van der Waals surface area contributed by atoms with Crippen LogP contribution in [0.15, 0.2) is 54.9 Å². The number of rotatable bonds is 6. The van der Waals surface area contributed by atoms with E-state index in [1.165, 1.54) is 0 Å². The van der Waals surface area contributed by atoms with Gasteiger partial charge in [0, 0.05) is 18.0 Å². The van der Waals surface area contributed by atoms with Crippen LogP contribution in [0.3, 0.4) is 0 Å². The van der Waals surface area contributed by atoms with E-state index in [0.29, 0.717) is 12.5 Å². The molecular formula is C18H19N3O. The first kappa shape index (κ1) is 14.3. The van der Waals surface area contributed by atoms with Crippen LogP contribution in [0.2, 0.25) is 0 Å². The van der Waals surface area contributed by atoms with Crippen molar-refractivity contribution in [3.63, 3.8) is 0 Å². The third-order valence-electron chi connectivity index (χ3n) is 3.41. The fourth-order valence-corrected chi connectivity index (χ4v) is 2.22. The minimum absolute atomic E-state index is 0.630. The Hall–Kier alpha value is -2.62. The lowest BCUT2D eigenvalue weighted by molar-refractivity contribution is 0.299. The highest BCUT2D eigenvalue weighted by atomic mass is 16.5. The summed E-state index contributed by atoms with van der Waals surface area (Å²) in [5.74, 6) is 1.41. The first-order chi connectivity index (χ1) is 10.9. The van der Waals surface area contributed by atoms with E-state index < -0.39 is 0 Å². The molecule has 2 aromatic heterocycles. The highest BCUT2D eigenvalue weighted by Gasteiger charge is 2.11. The predicted octanol–water partition coefficient (Wildman–Crippen LogP) is 4.32. The molecule has 22 heavy (non-hydrogen) atoms. The fourth-order valence-electron chi connectivity index (χ4n) is 2.22. The molecule has 0 bridgehead atoms. The van der Waals surface area contributed by atoms with Crippen LogP contribution in [0.4, 0.5) is 0 Å². The quantitative estimate of drug-likeness (QED) is 0.689.